The molecule has 0 fully saturated rings. The molecule has 1 amide bonds. The molecule has 2 aromatic carbocycles. The van der Waals surface area contributed by atoms with Gasteiger partial charge in [-0.3, -0.25) is 4.79 Å². The fourth-order valence-electron chi connectivity index (χ4n) is 2.77. The predicted octanol–water partition coefficient (Wildman–Crippen LogP) is 2.19. The standard InChI is InChI=1S/C20H27N3O5S/c1-15(18-13-17(27-4)11-12-19(18)28-5)21-20(24)14-23(29(25,26)22(2)3)16-9-7-6-8-10-16/h6-13,15H,14H2,1-5H3,(H,21,24)/t15-/m0/s1. The summed E-state index contributed by atoms with van der Waals surface area (Å²) in [6, 6.07) is 13.4. The van der Waals surface area contributed by atoms with E-state index >= 15 is 0 Å². The third kappa shape index (κ3) is 5.39. The van der Waals surface area contributed by atoms with Crippen LogP contribution in [0.1, 0.15) is 18.5 Å². The number of anilines is 1. The summed E-state index contributed by atoms with van der Waals surface area (Å²) in [5.74, 6) is 0.777. The van der Waals surface area contributed by atoms with Crippen molar-refractivity contribution in [3.8, 4) is 11.5 Å². The van der Waals surface area contributed by atoms with Crippen LogP contribution >= 0.6 is 0 Å². The molecule has 0 bridgehead atoms. The zero-order valence-corrected chi connectivity index (χ0v) is 18.1. The molecular weight excluding hydrogens is 394 g/mol. The molecule has 0 saturated carbocycles. The van der Waals surface area contributed by atoms with E-state index in [-0.39, 0.29) is 6.54 Å². The summed E-state index contributed by atoms with van der Waals surface area (Å²) < 4.78 is 38.2. The van der Waals surface area contributed by atoms with Gasteiger partial charge < -0.3 is 14.8 Å². The first-order chi connectivity index (χ1) is 13.7. The van der Waals surface area contributed by atoms with Crippen LogP contribution in [0.4, 0.5) is 5.69 Å². The van der Waals surface area contributed by atoms with E-state index in [9.17, 15) is 13.2 Å². The van der Waals surface area contributed by atoms with Crippen molar-refractivity contribution in [1.29, 1.82) is 0 Å². The van der Waals surface area contributed by atoms with Gasteiger partial charge in [0.25, 0.3) is 0 Å². The SMILES string of the molecule is COc1ccc(OC)c([C@H](C)NC(=O)CN(c2ccccc2)S(=O)(=O)N(C)C)c1. The summed E-state index contributed by atoms with van der Waals surface area (Å²) >= 11 is 0. The van der Waals surface area contributed by atoms with Crippen molar-refractivity contribution in [2.24, 2.45) is 0 Å². The van der Waals surface area contributed by atoms with Crippen molar-refractivity contribution in [3.05, 3.63) is 54.1 Å². The molecule has 2 aromatic rings. The first-order valence-corrected chi connectivity index (χ1v) is 10.4. The molecule has 1 atom stereocenters. The van der Waals surface area contributed by atoms with E-state index in [1.54, 1.807) is 69.7 Å². The van der Waals surface area contributed by atoms with Gasteiger partial charge in [-0.2, -0.15) is 12.7 Å². The molecule has 0 aliphatic heterocycles. The molecular formula is C20H27N3O5S. The summed E-state index contributed by atoms with van der Waals surface area (Å²) in [7, 11) is 2.09. The molecule has 8 nitrogen and oxygen atoms in total. The van der Waals surface area contributed by atoms with Crippen molar-refractivity contribution >= 4 is 21.8 Å². The van der Waals surface area contributed by atoms with E-state index in [0.717, 1.165) is 14.2 Å². The number of nitrogens with one attached hydrogen (secondary N) is 1. The Morgan fingerprint density at radius 2 is 1.72 bits per heavy atom. The van der Waals surface area contributed by atoms with Crippen molar-refractivity contribution in [2.45, 2.75) is 13.0 Å². The van der Waals surface area contributed by atoms with Gasteiger partial charge >= 0.3 is 10.2 Å². The number of hydrogen-bond acceptors (Lipinski definition) is 5. The lowest BCUT2D eigenvalue weighted by molar-refractivity contribution is -0.120. The van der Waals surface area contributed by atoms with E-state index in [0.29, 0.717) is 17.2 Å². The van der Waals surface area contributed by atoms with Gasteiger partial charge in [0.2, 0.25) is 5.91 Å². The highest BCUT2D eigenvalue weighted by Gasteiger charge is 2.28. The highest BCUT2D eigenvalue weighted by molar-refractivity contribution is 7.90. The number of carbonyl (C=O) groups excluding carboxylic acids is 1. The number of carbonyl (C=O) groups is 1. The highest BCUT2D eigenvalue weighted by Crippen LogP contribution is 2.29. The van der Waals surface area contributed by atoms with Crippen molar-refractivity contribution < 1.29 is 22.7 Å². The largest absolute Gasteiger partial charge is 0.497 e. The lowest BCUT2D eigenvalue weighted by Crippen LogP contribution is -2.46. The second kappa shape index (κ2) is 9.62. The number of hydrogen-bond donors (Lipinski definition) is 1. The molecule has 2 rings (SSSR count). The number of benzene rings is 2. The van der Waals surface area contributed by atoms with Crippen LogP contribution in [0.2, 0.25) is 0 Å². The maximum atomic E-state index is 12.7. The molecule has 0 aromatic heterocycles. The lowest BCUT2D eigenvalue weighted by atomic mass is 10.1. The molecule has 0 saturated heterocycles. The molecule has 1 N–H and O–H groups in total. The van der Waals surface area contributed by atoms with Gasteiger partial charge in [0.15, 0.2) is 0 Å². The smallest absolute Gasteiger partial charge is 0.304 e. The van der Waals surface area contributed by atoms with Crippen LogP contribution in [-0.4, -0.2) is 53.5 Å². The van der Waals surface area contributed by atoms with Crippen LogP contribution in [0, 0.1) is 0 Å². The van der Waals surface area contributed by atoms with Gasteiger partial charge in [-0.15, -0.1) is 0 Å². The van der Waals surface area contributed by atoms with Crippen molar-refractivity contribution in [3.63, 3.8) is 0 Å². The molecule has 0 radical (unpaired) electrons. The maximum absolute atomic E-state index is 12.7. The van der Waals surface area contributed by atoms with Crippen LogP contribution in [0.3, 0.4) is 0 Å². The molecule has 9 heteroatoms. The quantitative estimate of drug-likeness (QED) is 0.671. The number of ether oxygens (including phenoxy) is 2. The van der Waals surface area contributed by atoms with Gasteiger partial charge in [-0.25, -0.2) is 4.31 Å². The van der Waals surface area contributed by atoms with E-state index < -0.39 is 22.2 Å². The second-order valence-corrected chi connectivity index (χ2v) is 8.60. The Bertz CT molecular complexity index is 932. The Hall–Kier alpha value is -2.78. The third-order valence-electron chi connectivity index (χ3n) is 4.35. The monoisotopic (exact) mass is 421 g/mol. The van der Waals surface area contributed by atoms with Gasteiger partial charge in [-0.1, -0.05) is 18.2 Å². The van der Waals surface area contributed by atoms with Crippen LogP contribution in [0.15, 0.2) is 48.5 Å². The highest BCUT2D eigenvalue weighted by atomic mass is 32.2. The van der Waals surface area contributed by atoms with Crippen LogP contribution < -0.4 is 19.1 Å². The third-order valence-corrected chi connectivity index (χ3v) is 6.17. The van der Waals surface area contributed by atoms with E-state index in [1.165, 1.54) is 14.1 Å². The predicted molar refractivity (Wildman–Crippen MR) is 112 cm³/mol. The lowest BCUT2D eigenvalue weighted by Gasteiger charge is -2.27. The zero-order chi connectivity index (χ0) is 21.6. The van der Waals surface area contributed by atoms with E-state index in [4.69, 9.17) is 9.47 Å². The summed E-state index contributed by atoms with van der Waals surface area (Å²) in [5.41, 5.74) is 1.13. The fourth-order valence-corrected chi connectivity index (χ4v) is 3.83. The summed E-state index contributed by atoms with van der Waals surface area (Å²) in [6.45, 7) is 1.43. The van der Waals surface area contributed by atoms with Crippen molar-refractivity contribution in [1.82, 2.24) is 9.62 Å². The fraction of sp³-hybridized carbons (Fsp3) is 0.350. The second-order valence-electron chi connectivity index (χ2n) is 6.53. The Labute approximate surface area is 172 Å². The molecule has 158 valence electrons. The summed E-state index contributed by atoms with van der Waals surface area (Å²) in [6.07, 6.45) is 0. The first-order valence-electron chi connectivity index (χ1n) is 8.97. The van der Waals surface area contributed by atoms with E-state index in [2.05, 4.69) is 5.32 Å². The van der Waals surface area contributed by atoms with Crippen LogP contribution in [0.25, 0.3) is 0 Å². The average molecular weight is 422 g/mol. The number of methoxy groups -OCH3 is 2. The molecule has 0 aliphatic rings. The number of rotatable bonds is 9. The molecule has 0 spiro atoms. The van der Waals surface area contributed by atoms with Crippen LogP contribution in [-0.2, 0) is 15.0 Å². The van der Waals surface area contributed by atoms with Gasteiger partial charge in [0.05, 0.1) is 25.9 Å². The Balaban J connectivity index is 2.25. The topological polar surface area (TPSA) is 88.2 Å². The summed E-state index contributed by atoms with van der Waals surface area (Å²) in [4.78, 5) is 12.7. The minimum absolute atomic E-state index is 0.360. The number of amides is 1. The summed E-state index contributed by atoms with van der Waals surface area (Å²) in [5, 5.41) is 2.83. The molecule has 0 unspecified atom stereocenters. The van der Waals surface area contributed by atoms with Crippen molar-refractivity contribution in [2.75, 3.05) is 39.2 Å². The number of nitrogens with zero attached hydrogens (tertiary/aromatic N) is 2. The first kappa shape index (κ1) is 22.5. The average Bonchev–Trinajstić information content (AvgIpc) is 2.71. The molecule has 29 heavy (non-hydrogen) atoms. The Morgan fingerprint density at radius 3 is 2.28 bits per heavy atom. The van der Waals surface area contributed by atoms with E-state index in [1.807, 2.05) is 0 Å². The maximum Gasteiger partial charge on any atom is 0.304 e. The van der Waals surface area contributed by atoms with Gasteiger partial charge in [-0.05, 0) is 37.3 Å². The normalized spacial score (nSPS) is 12.3. The minimum Gasteiger partial charge on any atom is -0.497 e. The van der Waals surface area contributed by atoms with Crippen LogP contribution in [0.5, 0.6) is 11.5 Å². The Morgan fingerprint density at radius 1 is 1.07 bits per heavy atom. The minimum atomic E-state index is -3.85. The zero-order valence-electron chi connectivity index (χ0n) is 17.2. The van der Waals surface area contributed by atoms with Gasteiger partial charge in [0, 0.05) is 19.7 Å². The molecule has 0 aliphatic carbocycles. The Kier molecular flexibility index (Phi) is 7.46. The molecule has 0 heterocycles. The number of para-hydroxylation sites is 1. The van der Waals surface area contributed by atoms with Gasteiger partial charge in [0.1, 0.15) is 18.0 Å².